The smallest absolute Gasteiger partial charge is 0.545 e. The van der Waals surface area contributed by atoms with Gasteiger partial charge in [0.15, 0.2) is 10.9 Å². The molecule has 2 aromatic heterocycles. The minimum atomic E-state index is -1.49. The fourth-order valence-corrected chi connectivity index (χ4v) is 6.48. The third-order valence-corrected chi connectivity index (χ3v) is 8.91. The van der Waals surface area contributed by atoms with Gasteiger partial charge in [0, 0.05) is 72.2 Å². The molecule has 2 atom stereocenters. The Bertz CT molecular complexity index is 1820. The summed E-state index contributed by atoms with van der Waals surface area (Å²) in [6, 6.07) is 12.5. The van der Waals surface area contributed by atoms with E-state index < -0.39 is 22.8 Å². The number of piperidine rings is 2. The first kappa shape index (κ1) is 41.2. The Balaban J connectivity index is 0.000000260. The summed E-state index contributed by atoms with van der Waals surface area (Å²) in [4.78, 5) is 46.8. The Morgan fingerprint density at radius 3 is 1.36 bits per heavy atom. The van der Waals surface area contributed by atoms with E-state index in [4.69, 9.17) is 0 Å². The maximum atomic E-state index is 12.2. The molecule has 6 rings (SSSR count). The van der Waals surface area contributed by atoms with E-state index in [0.29, 0.717) is 0 Å². The fourth-order valence-electron chi connectivity index (χ4n) is 6.48. The van der Waals surface area contributed by atoms with Crippen LogP contribution in [0.2, 0.25) is 0 Å². The maximum absolute atomic E-state index is 12.2. The first-order valence-electron chi connectivity index (χ1n) is 15.9. The van der Waals surface area contributed by atoms with Gasteiger partial charge in [-0.3, -0.25) is 9.59 Å². The molecule has 2 saturated heterocycles. The van der Waals surface area contributed by atoms with Crippen molar-refractivity contribution >= 4 is 11.9 Å². The van der Waals surface area contributed by atoms with Gasteiger partial charge in [0.05, 0.1) is 23.1 Å². The van der Waals surface area contributed by atoms with Crippen LogP contribution in [0.4, 0.5) is 0 Å². The zero-order valence-corrected chi connectivity index (χ0v) is 32.8. The standard InChI is InChI=1S/2C18H20N2O4.2Na/c2*1-11-7-13(21)4-5-15(11)20-10-14(18(23)24)17(22)8-16(20)12-3-2-6-19-9-12;;/h2*4-5,7-8,10,12,19,21H,2-3,6,9H2,1H3,(H,23,24);;/q;;2*+1/p-2. The number of phenols is 2. The van der Waals surface area contributed by atoms with E-state index in [0.717, 1.165) is 85.8 Å². The van der Waals surface area contributed by atoms with Crippen LogP contribution in [-0.4, -0.2) is 57.5 Å². The fraction of sp³-hybridized carbons (Fsp3) is 0.333. The van der Waals surface area contributed by atoms with Gasteiger partial charge < -0.3 is 49.8 Å². The van der Waals surface area contributed by atoms with Gasteiger partial charge in [0.25, 0.3) is 0 Å². The Kier molecular flexibility index (Phi) is 15.1. The molecule has 4 heterocycles. The molecule has 0 spiro atoms. The molecule has 2 unspecified atom stereocenters. The molecule has 0 aliphatic carbocycles. The number of carbonyl (C=O) groups excluding carboxylic acids is 2. The van der Waals surface area contributed by atoms with Crippen LogP contribution in [0.1, 0.15) is 80.7 Å². The molecular formula is C36H38N4Na2O8. The average molecular weight is 701 g/mol. The number of aromatic carboxylic acids is 2. The third-order valence-electron chi connectivity index (χ3n) is 8.91. The van der Waals surface area contributed by atoms with Crippen molar-refractivity contribution < 1.29 is 89.1 Å². The number of rotatable bonds is 6. The van der Waals surface area contributed by atoms with Gasteiger partial charge in [-0.1, -0.05) is 0 Å². The summed E-state index contributed by atoms with van der Waals surface area (Å²) in [5.41, 5.74) is 2.76. The van der Waals surface area contributed by atoms with Crippen molar-refractivity contribution in [2.45, 2.75) is 51.4 Å². The Labute approximate surface area is 333 Å². The molecule has 2 aliphatic rings. The SMILES string of the molecule is Cc1cc(O)ccc1-n1cc(C(=O)[O-])c(=O)cc1C1CCCNC1.Cc1cc(O)ccc1-n1cc(C(=O)[O-])c(=O)cc1C1CCCNC1.[Na+].[Na+]. The number of pyridine rings is 2. The molecule has 2 aromatic carbocycles. The molecule has 4 aromatic rings. The molecule has 12 nitrogen and oxygen atoms in total. The molecule has 2 aliphatic heterocycles. The molecule has 14 heteroatoms. The van der Waals surface area contributed by atoms with Crippen LogP contribution in [0, 0.1) is 13.8 Å². The van der Waals surface area contributed by atoms with Crippen molar-refractivity contribution in [1.82, 2.24) is 19.8 Å². The molecule has 0 bridgehead atoms. The van der Waals surface area contributed by atoms with E-state index in [1.165, 1.54) is 24.5 Å². The molecule has 252 valence electrons. The molecule has 4 N–H and O–H groups in total. The van der Waals surface area contributed by atoms with Crippen LogP contribution in [-0.2, 0) is 0 Å². The van der Waals surface area contributed by atoms with E-state index in [2.05, 4.69) is 10.6 Å². The number of phenolic OH excluding ortho intramolecular Hbond substituents is 2. The van der Waals surface area contributed by atoms with Gasteiger partial charge in [0.2, 0.25) is 0 Å². The van der Waals surface area contributed by atoms with E-state index in [-0.39, 0.29) is 93.6 Å². The van der Waals surface area contributed by atoms with E-state index in [9.17, 15) is 39.6 Å². The van der Waals surface area contributed by atoms with Gasteiger partial charge in [-0.15, -0.1) is 0 Å². The number of hydrogen-bond acceptors (Lipinski definition) is 10. The molecule has 0 radical (unpaired) electrons. The Morgan fingerprint density at radius 2 is 1.06 bits per heavy atom. The molecule has 0 saturated carbocycles. The van der Waals surface area contributed by atoms with Crippen molar-refractivity contribution in [3.8, 4) is 22.9 Å². The van der Waals surface area contributed by atoms with Gasteiger partial charge >= 0.3 is 59.1 Å². The summed E-state index contributed by atoms with van der Waals surface area (Å²) in [5, 5.41) is 48.4. The number of hydrogen-bond donors (Lipinski definition) is 4. The first-order valence-corrected chi connectivity index (χ1v) is 15.9. The zero-order valence-electron chi connectivity index (χ0n) is 28.8. The second-order valence-electron chi connectivity index (χ2n) is 12.3. The Hall–Kier alpha value is -3.20. The maximum Gasteiger partial charge on any atom is 1.00 e. The number of carbonyl (C=O) groups is 2. The number of nitrogens with one attached hydrogen (secondary N) is 2. The van der Waals surface area contributed by atoms with Crippen LogP contribution in [0.15, 0.2) is 70.5 Å². The third kappa shape index (κ3) is 9.56. The zero-order chi connectivity index (χ0) is 34.5. The first-order chi connectivity index (χ1) is 22.9. The summed E-state index contributed by atoms with van der Waals surface area (Å²) in [5.74, 6) is -2.46. The van der Waals surface area contributed by atoms with Gasteiger partial charge in [-0.25, -0.2) is 0 Å². The Morgan fingerprint density at radius 1 is 0.680 bits per heavy atom. The van der Waals surface area contributed by atoms with Crippen molar-refractivity contribution in [2.75, 3.05) is 26.2 Å². The predicted octanol–water partition coefficient (Wildman–Crippen LogP) is -4.63. The normalized spacial score (nSPS) is 16.9. The van der Waals surface area contributed by atoms with Crippen molar-refractivity contribution in [3.05, 3.63) is 115 Å². The van der Waals surface area contributed by atoms with E-state index >= 15 is 0 Å². The largest absolute Gasteiger partial charge is 1.00 e. The number of nitrogens with zero attached hydrogens (tertiary/aromatic N) is 2. The second-order valence-corrected chi connectivity index (χ2v) is 12.3. The van der Waals surface area contributed by atoms with Gasteiger partial charge in [0.1, 0.15) is 11.5 Å². The number of aromatic hydroxyl groups is 2. The van der Waals surface area contributed by atoms with Crippen LogP contribution in [0.25, 0.3) is 11.4 Å². The summed E-state index contributed by atoms with van der Waals surface area (Å²) in [6.07, 6.45) is 6.51. The topological polar surface area (TPSA) is 189 Å². The monoisotopic (exact) mass is 700 g/mol. The molecule has 50 heavy (non-hydrogen) atoms. The predicted molar refractivity (Wildman–Crippen MR) is 175 cm³/mol. The van der Waals surface area contributed by atoms with Crippen LogP contribution < -0.4 is 90.8 Å². The van der Waals surface area contributed by atoms with E-state index in [1.807, 2.05) is 13.8 Å². The van der Waals surface area contributed by atoms with Crippen LogP contribution in [0.3, 0.4) is 0 Å². The van der Waals surface area contributed by atoms with Crippen molar-refractivity contribution in [1.29, 1.82) is 0 Å². The van der Waals surface area contributed by atoms with Crippen molar-refractivity contribution in [3.63, 3.8) is 0 Å². The minimum absolute atomic E-state index is 0. The summed E-state index contributed by atoms with van der Waals surface area (Å²) in [7, 11) is 0. The summed E-state index contributed by atoms with van der Waals surface area (Å²) < 4.78 is 3.47. The summed E-state index contributed by atoms with van der Waals surface area (Å²) >= 11 is 0. The van der Waals surface area contributed by atoms with Gasteiger partial charge in [-0.2, -0.15) is 0 Å². The molecular weight excluding hydrogens is 662 g/mol. The second kappa shape index (κ2) is 18.3. The van der Waals surface area contributed by atoms with Crippen LogP contribution >= 0.6 is 0 Å². The quantitative estimate of drug-likeness (QED) is 0.143. The van der Waals surface area contributed by atoms with Crippen molar-refractivity contribution in [2.24, 2.45) is 0 Å². The van der Waals surface area contributed by atoms with E-state index in [1.54, 1.807) is 45.5 Å². The average Bonchev–Trinajstić information content (AvgIpc) is 3.06. The number of aromatic nitrogens is 2. The summed E-state index contributed by atoms with van der Waals surface area (Å²) in [6.45, 7) is 7.01. The molecule has 0 amide bonds. The molecule has 2 fully saturated rings. The number of carboxylic acid groups (broad SMARTS) is 2. The van der Waals surface area contributed by atoms with Gasteiger partial charge in [-0.05, 0) is 100 Å². The number of carboxylic acids is 2. The number of aryl methyl sites for hydroxylation is 2. The van der Waals surface area contributed by atoms with Crippen LogP contribution in [0.5, 0.6) is 11.5 Å². The number of benzene rings is 2. The minimum Gasteiger partial charge on any atom is -0.545 e.